The Morgan fingerprint density at radius 2 is 1.58 bits per heavy atom. The van der Waals surface area contributed by atoms with E-state index in [-0.39, 0.29) is 5.69 Å². The van der Waals surface area contributed by atoms with Gasteiger partial charge in [0.15, 0.2) is 15.5 Å². The van der Waals surface area contributed by atoms with E-state index in [2.05, 4.69) is 5.10 Å². The number of ether oxygens (including phenoxy) is 2. The molecule has 0 fully saturated rings. The van der Waals surface area contributed by atoms with Crippen molar-refractivity contribution >= 4 is 21.8 Å². The fraction of sp³-hybridized carbons (Fsp3) is 0.190. The largest absolute Gasteiger partial charge is 0.465 e. The van der Waals surface area contributed by atoms with Crippen molar-refractivity contribution < 1.29 is 40.7 Å². The van der Waals surface area contributed by atoms with E-state index in [1.165, 1.54) is 12.1 Å². The van der Waals surface area contributed by atoms with Crippen molar-refractivity contribution in [2.75, 3.05) is 20.5 Å². The highest BCUT2D eigenvalue weighted by Crippen LogP contribution is 2.38. The lowest BCUT2D eigenvalue weighted by Crippen LogP contribution is -2.15. The molecule has 0 atom stereocenters. The molecule has 0 radical (unpaired) electrons. The predicted octanol–water partition coefficient (Wildman–Crippen LogP) is 3.53. The quantitative estimate of drug-likeness (QED) is 0.513. The second-order valence-electron chi connectivity index (χ2n) is 6.78. The molecular formula is C21H17F3N2O6S. The van der Waals surface area contributed by atoms with Crippen LogP contribution < -0.4 is 0 Å². The van der Waals surface area contributed by atoms with Gasteiger partial charge in [0, 0.05) is 11.8 Å². The van der Waals surface area contributed by atoms with Crippen molar-refractivity contribution in [2.24, 2.45) is 0 Å². The third-order valence-corrected chi connectivity index (χ3v) is 5.77. The summed E-state index contributed by atoms with van der Waals surface area (Å²) in [4.78, 5) is 24.8. The highest BCUT2D eigenvalue weighted by atomic mass is 32.2. The molecule has 0 saturated heterocycles. The van der Waals surface area contributed by atoms with Gasteiger partial charge in [0.1, 0.15) is 11.3 Å². The van der Waals surface area contributed by atoms with Crippen LogP contribution in [0.1, 0.15) is 26.4 Å². The minimum atomic E-state index is -4.82. The monoisotopic (exact) mass is 482 g/mol. The molecule has 3 aromatic rings. The molecule has 8 nitrogen and oxygen atoms in total. The maximum atomic E-state index is 13.4. The number of sulfone groups is 1. The second-order valence-corrected chi connectivity index (χ2v) is 8.77. The summed E-state index contributed by atoms with van der Waals surface area (Å²) in [6, 6.07) is 9.84. The normalized spacial score (nSPS) is 11.8. The van der Waals surface area contributed by atoms with Crippen LogP contribution in [0.25, 0.3) is 16.9 Å². The molecule has 0 bridgehead atoms. The first kappa shape index (κ1) is 24.0. The molecule has 33 heavy (non-hydrogen) atoms. The molecule has 0 N–H and O–H groups in total. The number of nitrogens with zero attached hydrogens (tertiary/aromatic N) is 2. The van der Waals surface area contributed by atoms with Gasteiger partial charge in [-0.05, 0) is 30.3 Å². The predicted molar refractivity (Wildman–Crippen MR) is 110 cm³/mol. The van der Waals surface area contributed by atoms with E-state index in [9.17, 15) is 31.2 Å². The molecule has 3 rings (SSSR count). The maximum absolute atomic E-state index is 13.4. The van der Waals surface area contributed by atoms with Gasteiger partial charge in [-0.25, -0.2) is 22.7 Å². The fourth-order valence-electron chi connectivity index (χ4n) is 3.16. The number of hydrogen-bond donors (Lipinski definition) is 0. The molecule has 2 aromatic carbocycles. The number of hydrogen-bond acceptors (Lipinski definition) is 7. The number of para-hydroxylation sites is 1. The van der Waals surface area contributed by atoms with Gasteiger partial charge in [-0.15, -0.1) is 0 Å². The number of aromatic nitrogens is 2. The highest BCUT2D eigenvalue weighted by molar-refractivity contribution is 7.90. The lowest BCUT2D eigenvalue weighted by Gasteiger charge is -2.12. The van der Waals surface area contributed by atoms with Gasteiger partial charge < -0.3 is 9.47 Å². The van der Waals surface area contributed by atoms with E-state index in [1.807, 2.05) is 0 Å². The summed E-state index contributed by atoms with van der Waals surface area (Å²) in [6.45, 7) is 0. The Balaban J connectivity index is 2.51. The summed E-state index contributed by atoms with van der Waals surface area (Å²) in [5.41, 5.74) is -2.90. The van der Waals surface area contributed by atoms with E-state index in [1.54, 1.807) is 18.2 Å². The van der Waals surface area contributed by atoms with Crippen LogP contribution in [0, 0.1) is 0 Å². The smallest absolute Gasteiger partial charge is 0.416 e. The van der Waals surface area contributed by atoms with Gasteiger partial charge in [0.05, 0.1) is 30.4 Å². The van der Waals surface area contributed by atoms with E-state index < -0.39 is 60.9 Å². The van der Waals surface area contributed by atoms with E-state index >= 15 is 0 Å². The van der Waals surface area contributed by atoms with Gasteiger partial charge in [0.25, 0.3) is 0 Å². The topological polar surface area (TPSA) is 105 Å². The number of esters is 2. The first-order chi connectivity index (χ1) is 15.4. The van der Waals surface area contributed by atoms with Gasteiger partial charge in [-0.2, -0.15) is 18.3 Å². The van der Waals surface area contributed by atoms with Gasteiger partial charge in [-0.3, -0.25) is 0 Å². The second kappa shape index (κ2) is 8.70. The summed E-state index contributed by atoms with van der Waals surface area (Å²) >= 11 is 0. The SMILES string of the molecule is COC(=O)c1c(-c2cc(C(F)(F)F)ccc2S(C)(=O)=O)nn(-c2ccccc2)c1C(=O)OC. The van der Waals surface area contributed by atoms with Gasteiger partial charge >= 0.3 is 18.1 Å². The van der Waals surface area contributed by atoms with Crippen LogP contribution in [0.2, 0.25) is 0 Å². The van der Waals surface area contributed by atoms with Crippen LogP contribution >= 0.6 is 0 Å². The molecular weight excluding hydrogens is 465 g/mol. The minimum absolute atomic E-state index is 0.266. The van der Waals surface area contributed by atoms with Gasteiger partial charge in [-0.1, -0.05) is 18.2 Å². The van der Waals surface area contributed by atoms with Crippen LogP contribution in [-0.2, 0) is 25.5 Å². The van der Waals surface area contributed by atoms with Crippen LogP contribution in [0.3, 0.4) is 0 Å². The number of methoxy groups -OCH3 is 2. The van der Waals surface area contributed by atoms with Crippen LogP contribution in [0.5, 0.6) is 0 Å². The van der Waals surface area contributed by atoms with E-state index in [0.717, 1.165) is 31.2 Å². The molecule has 12 heteroatoms. The average molecular weight is 482 g/mol. The molecule has 0 aliphatic carbocycles. The molecule has 0 aliphatic rings. The Bertz CT molecular complexity index is 1330. The van der Waals surface area contributed by atoms with Crippen molar-refractivity contribution in [1.82, 2.24) is 9.78 Å². The number of halogens is 3. The zero-order valence-electron chi connectivity index (χ0n) is 17.5. The molecule has 0 unspecified atom stereocenters. The van der Waals surface area contributed by atoms with E-state index in [4.69, 9.17) is 9.47 Å². The summed E-state index contributed by atoms with van der Waals surface area (Å²) < 4.78 is 75.5. The van der Waals surface area contributed by atoms with Crippen molar-refractivity contribution in [1.29, 1.82) is 0 Å². The van der Waals surface area contributed by atoms with E-state index in [0.29, 0.717) is 12.1 Å². The highest BCUT2D eigenvalue weighted by Gasteiger charge is 2.36. The van der Waals surface area contributed by atoms with Crippen molar-refractivity contribution in [3.05, 3.63) is 65.4 Å². The summed E-state index contributed by atoms with van der Waals surface area (Å²) in [7, 11) is -2.04. The van der Waals surface area contributed by atoms with Crippen LogP contribution in [-0.4, -0.2) is 50.6 Å². The summed E-state index contributed by atoms with van der Waals surface area (Å²) in [6.07, 6.45) is -4.02. The zero-order chi connectivity index (χ0) is 24.6. The molecule has 0 amide bonds. The van der Waals surface area contributed by atoms with Crippen LogP contribution in [0.15, 0.2) is 53.4 Å². The maximum Gasteiger partial charge on any atom is 0.416 e. The number of rotatable bonds is 5. The van der Waals surface area contributed by atoms with Gasteiger partial charge in [0.2, 0.25) is 0 Å². The van der Waals surface area contributed by atoms with Crippen molar-refractivity contribution in [3.8, 4) is 16.9 Å². The lowest BCUT2D eigenvalue weighted by atomic mass is 10.0. The Kier molecular flexibility index (Phi) is 6.32. The number of carbonyl (C=O) groups excluding carboxylic acids is 2. The molecule has 0 spiro atoms. The minimum Gasteiger partial charge on any atom is -0.465 e. The summed E-state index contributed by atoms with van der Waals surface area (Å²) in [5, 5.41) is 4.17. The standard InChI is InChI=1S/C21H17F3N2O6S/c1-31-19(27)16-17(14-11-12(21(22,23)24)9-10-15(14)33(3,29)30)25-26(18(16)20(28)32-2)13-7-5-4-6-8-13/h4-11H,1-3H3. The molecule has 1 aromatic heterocycles. The molecule has 174 valence electrons. The first-order valence-electron chi connectivity index (χ1n) is 9.17. The third-order valence-electron chi connectivity index (χ3n) is 4.62. The third kappa shape index (κ3) is 4.60. The number of alkyl halides is 3. The number of benzene rings is 2. The van der Waals surface area contributed by atoms with Crippen LogP contribution in [0.4, 0.5) is 13.2 Å². The zero-order valence-corrected chi connectivity index (χ0v) is 18.3. The lowest BCUT2D eigenvalue weighted by molar-refractivity contribution is -0.137. The number of carbonyl (C=O) groups is 2. The molecule has 0 saturated carbocycles. The Morgan fingerprint density at radius 3 is 2.09 bits per heavy atom. The Labute approximate surface area is 186 Å². The molecule has 1 heterocycles. The Morgan fingerprint density at radius 1 is 0.970 bits per heavy atom. The molecule has 0 aliphatic heterocycles. The van der Waals surface area contributed by atoms with Crippen molar-refractivity contribution in [2.45, 2.75) is 11.1 Å². The first-order valence-corrected chi connectivity index (χ1v) is 11.1. The fourth-order valence-corrected chi connectivity index (χ4v) is 4.03. The summed E-state index contributed by atoms with van der Waals surface area (Å²) in [5.74, 6) is -2.16. The average Bonchev–Trinajstić information content (AvgIpc) is 3.17. The van der Waals surface area contributed by atoms with Crippen molar-refractivity contribution in [3.63, 3.8) is 0 Å². The Hall–Kier alpha value is -3.67.